The van der Waals surface area contributed by atoms with E-state index in [1.54, 1.807) is 48.5 Å². The van der Waals surface area contributed by atoms with Crippen LogP contribution in [-0.4, -0.2) is 42.2 Å². The highest BCUT2D eigenvalue weighted by Gasteiger charge is 2.49. The normalized spacial score (nSPS) is 18.5. The maximum atomic E-state index is 13.7. The van der Waals surface area contributed by atoms with Gasteiger partial charge in [0, 0.05) is 24.1 Å². The minimum absolute atomic E-state index is 0.0773. The van der Waals surface area contributed by atoms with Crippen molar-refractivity contribution in [3.05, 3.63) is 119 Å². The Morgan fingerprint density at radius 2 is 1.28 bits per heavy atom. The summed E-state index contributed by atoms with van der Waals surface area (Å²) in [6, 6.07) is 26.3. The summed E-state index contributed by atoms with van der Waals surface area (Å²) in [7, 11) is 0. The van der Waals surface area contributed by atoms with Crippen LogP contribution in [0.25, 0.3) is 22.3 Å². The van der Waals surface area contributed by atoms with Gasteiger partial charge in [-0.1, -0.05) is 84.9 Å². The standard InChI is InChI=1S/C41H41F6N3O3/c42-40(43,44)25-49-38(53)39(34-13-5-3-10-31(34)32-11-4-6-14-35(32)39)23-7-8-24-48-36(51)27-17-21-29(22-18-27)50-37(52)33-12-2-1-9-30(33)26-15-19-28(20-16-26)41(45,46)47/h1-6,9-16,19-20,27,29,37,50,52H,7-8,17-18,21-25H2,(H,48,51)(H,49,53)/t27?,29?,37-/m0/s1. The van der Waals surface area contributed by atoms with Crippen LogP contribution in [0.5, 0.6) is 0 Å². The maximum absolute atomic E-state index is 13.7. The smallest absolute Gasteiger partial charge is 0.374 e. The molecule has 0 heterocycles. The molecule has 4 aromatic carbocycles. The number of rotatable bonds is 12. The van der Waals surface area contributed by atoms with Gasteiger partial charge in [0.15, 0.2) is 0 Å². The molecule has 12 heteroatoms. The first kappa shape index (κ1) is 38.1. The zero-order valence-corrected chi connectivity index (χ0v) is 28.9. The summed E-state index contributed by atoms with van der Waals surface area (Å²) in [5.74, 6) is -1.02. The number of halogens is 6. The van der Waals surface area contributed by atoms with Crippen LogP contribution >= 0.6 is 0 Å². The number of carbonyl (C=O) groups is 2. The van der Waals surface area contributed by atoms with Crippen LogP contribution in [0, 0.1) is 5.92 Å². The molecule has 0 aromatic heterocycles. The van der Waals surface area contributed by atoms with E-state index in [4.69, 9.17) is 0 Å². The zero-order chi connectivity index (χ0) is 37.8. The maximum Gasteiger partial charge on any atom is 0.416 e. The van der Waals surface area contributed by atoms with E-state index in [1.807, 2.05) is 24.3 Å². The van der Waals surface area contributed by atoms with Crippen molar-refractivity contribution in [1.82, 2.24) is 16.0 Å². The fourth-order valence-electron chi connectivity index (χ4n) is 7.83. The van der Waals surface area contributed by atoms with Gasteiger partial charge >= 0.3 is 12.4 Å². The van der Waals surface area contributed by atoms with Crippen molar-refractivity contribution in [2.75, 3.05) is 13.1 Å². The number of carbonyl (C=O) groups excluding carboxylic acids is 2. The van der Waals surface area contributed by atoms with E-state index in [0.29, 0.717) is 72.9 Å². The van der Waals surface area contributed by atoms with E-state index >= 15 is 0 Å². The number of alkyl halides is 6. The summed E-state index contributed by atoms with van der Waals surface area (Å²) >= 11 is 0. The Kier molecular flexibility index (Phi) is 11.3. The van der Waals surface area contributed by atoms with Gasteiger partial charge in [0.25, 0.3) is 0 Å². The topological polar surface area (TPSA) is 90.5 Å². The largest absolute Gasteiger partial charge is 0.416 e. The van der Waals surface area contributed by atoms with Gasteiger partial charge in [-0.3, -0.25) is 14.9 Å². The summed E-state index contributed by atoms with van der Waals surface area (Å²) in [5.41, 5.74) is 2.63. The molecular weight excluding hydrogens is 696 g/mol. The lowest BCUT2D eigenvalue weighted by atomic mass is 9.73. The van der Waals surface area contributed by atoms with Gasteiger partial charge in [-0.25, -0.2) is 0 Å². The second-order valence-electron chi connectivity index (χ2n) is 13.8. The highest BCUT2D eigenvalue weighted by Crippen LogP contribution is 2.51. The van der Waals surface area contributed by atoms with Gasteiger partial charge < -0.3 is 15.7 Å². The number of amides is 2. The van der Waals surface area contributed by atoms with E-state index in [1.165, 1.54) is 12.1 Å². The number of unbranched alkanes of at least 4 members (excludes halogenated alkanes) is 1. The molecule has 1 saturated carbocycles. The Morgan fingerprint density at radius 1 is 0.717 bits per heavy atom. The van der Waals surface area contributed by atoms with E-state index in [-0.39, 0.29) is 24.3 Å². The number of aliphatic hydroxyl groups is 1. The summed E-state index contributed by atoms with van der Waals surface area (Å²) in [6.45, 7) is -1.08. The van der Waals surface area contributed by atoms with Crippen LogP contribution in [0.15, 0.2) is 97.1 Å². The Bertz CT molecular complexity index is 1860. The third-order valence-corrected chi connectivity index (χ3v) is 10.4. The number of hydrogen-bond donors (Lipinski definition) is 4. The summed E-state index contributed by atoms with van der Waals surface area (Å²) in [4.78, 5) is 26.8. The Morgan fingerprint density at radius 3 is 1.87 bits per heavy atom. The van der Waals surface area contributed by atoms with Crippen molar-refractivity contribution in [3.63, 3.8) is 0 Å². The monoisotopic (exact) mass is 737 g/mol. The Labute approximate surface area is 304 Å². The fraction of sp³-hybridized carbons (Fsp3) is 0.366. The average Bonchev–Trinajstić information content (AvgIpc) is 3.43. The number of aliphatic hydroxyl groups excluding tert-OH is 1. The Balaban J connectivity index is 1.01. The van der Waals surface area contributed by atoms with Gasteiger partial charge in [-0.2, -0.15) is 26.3 Å². The van der Waals surface area contributed by atoms with Crippen LogP contribution in [-0.2, 0) is 21.2 Å². The molecule has 6 nitrogen and oxygen atoms in total. The van der Waals surface area contributed by atoms with Crippen LogP contribution < -0.4 is 16.0 Å². The molecule has 0 aliphatic heterocycles. The molecule has 2 aliphatic rings. The fourth-order valence-corrected chi connectivity index (χ4v) is 7.83. The molecule has 53 heavy (non-hydrogen) atoms. The van der Waals surface area contributed by atoms with Crippen LogP contribution in [0.1, 0.15) is 73.4 Å². The molecule has 0 bridgehead atoms. The molecule has 4 aromatic rings. The SMILES string of the molecule is O=C(NCCCCC1(C(=O)NCC(F)(F)F)c2ccccc2-c2ccccc21)C1CCC(N[C@@H](O)c2ccccc2-c2ccc(C(F)(F)F)cc2)CC1. The lowest BCUT2D eigenvalue weighted by molar-refractivity contribution is -0.141. The third kappa shape index (κ3) is 8.44. The first-order valence-corrected chi connectivity index (χ1v) is 17.8. The highest BCUT2D eigenvalue weighted by molar-refractivity contribution is 6.00. The molecule has 1 atom stereocenters. The van der Waals surface area contributed by atoms with Crippen LogP contribution in [0.2, 0.25) is 0 Å². The first-order valence-electron chi connectivity index (χ1n) is 17.8. The third-order valence-electron chi connectivity index (χ3n) is 10.4. The second kappa shape index (κ2) is 15.7. The summed E-state index contributed by atoms with van der Waals surface area (Å²) in [6.07, 6.45) is -6.37. The molecule has 4 N–H and O–H groups in total. The number of fused-ring (bicyclic) bond motifs is 3. The molecule has 0 radical (unpaired) electrons. The van der Waals surface area contributed by atoms with Gasteiger partial charge in [-0.05, 0) is 90.5 Å². The predicted molar refractivity (Wildman–Crippen MR) is 189 cm³/mol. The van der Waals surface area contributed by atoms with Crippen molar-refractivity contribution in [3.8, 4) is 22.3 Å². The van der Waals surface area contributed by atoms with Gasteiger partial charge in [-0.15, -0.1) is 0 Å². The van der Waals surface area contributed by atoms with E-state index < -0.39 is 42.0 Å². The molecule has 2 aliphatic carbocycles. The number of hydrogen-bond acceptors (Lipinski definition) is 4. The van der Waals surface area contributed by atoms with Crippen molar-refractivity contribution in [1.29, 1.82) is 0 Å². The average molecular weight is 738 g/mol. The molecule has 0 saturated heterocycles. The highest BCUT2D eigenvalue weighted by atomic mass is 19.4. The van der Waals surface area contributed by atoms with Gasteiger partial charge in [0.1, 0.15) is 18.2 Å². The summed E-state index contributed by atoms with van der Waals surface area (Å²) in [5, 5.41) is 19.5. The Hall–Kier alpha value is -4.68. The van der Waals surface area contributed by atoms with E-state index in [9.17, 15) is 41.0 Å². The van der Waals surface area contributed by atoms with Crippen molar-refractivity contribution in [2.24, 2.45) is 5.92 Å². The quantitative estimate of drug-likeness (QED) is 0.0668. The first-order chi connectivity index (χ1) is 25.3. The van der Waals surface area contributed by atoms with Crippen molar-refractivity contribution >= 4 is 11.8 Å². The molecule has 2 amide bonds. The predicted octanol–water partition coefficient (Wildman–Crippen LogP) is 8.44. The van der Waals surface area contributed by atoms with Gasteiger partial charge in [0.2, 0.25) is 11.8 Å². The van der Waals surface area contributed by atoms with E-state index in [2.05, 4.69) is 16.0 Å². The van der Waals surface area contributed by atoms with Crippen molar-refractivity contribution < 1.29 is 41.0 Å². The van der Waals surface area contributed by atoms with Gasteiger partial charge in [0.05, 0.1) is 5.56 Å². The lowest BCUT2D eigenvalue weighted by Crippen LogP contribution is -2.47. The van der Waals surface area contributed by atoms with Crippen LogP contribution in [0.4, 0.5) is 26.3 Å². The molecule has 6 rings (SSSR count). The molecular formula is C41H41F6N3O3. The molecule has 280 valence electrons. The van der Waals surface area contributed by atoms with E-state index in [0.717, 1.165) is 23.3 Å². The minimum Gasteiger partial charge on any atom is -0.374 e. The molecule has 1 fully saturated rings. The van der Waals surface area contributed by atoms with Crippen LogP contribution in [0.3, 0.4) is 0 Å². The number of benzene rings is 4. The van der Waals surface area contributed by atoms with Crippen molar-refractivity contribution in [2.45, 2.75) is 75.0 Å². The second-order valence-corrected chi connectivity index (χ2v) is 13.8. The molecule has 0 spiro atoms. The summed E-state index contributed by atoms with van der Waals surface area (Å²) < 4.78 is 78.7. The zero-order valence-electron chi connectivity index (χ0n) is 28.9. The lowest BCUT2D eigenvalue weighted by Gasteiger charge is -2.31. The molecule has 0 unspecified atom stereocenters. The minimum atomic E-state index is -4.56. The number of nitrogens with one attached hydrogen (secondary N) is 3.